The number of ether oxygens (including phenoxy) is 1. The molecular weight excluding hydrogens is 490 g/mol. The van der Waals surface area contributed by atoms with E-state index in [9.17, 15) is 18.0 Å². The van der Waals surface area contributed by atoms with Crippen LogP contribution in [0, 0.1) is 0 Å². The molecule has 0 heterocycles. The summed E-state index contributed by atoms with van der Waals surface area (Å²) in [4.78, 5) is 27.6. The summed E-state index contributed by atoms with van der Waals surface area (Å²) in [5, 5.41) is 3.39. The third kappa shape index (κ3) is 8.43. The number of methoxy groups -OCH3 is 1. The molecule has 0 aliphatic heterocycles. The summed E-state index contributed by atoms with van der Waals surface area (Å²) in [7, 11) is -2.02. The number of amides is 2. The van der Waals surface area contributed by atoms with Crippen LogP contribution >= 0.6 is 11.6 Å². The standard InChI is InChI=1S/C25H34ClN3O5S/c1-5-23(25(31)27-6-2)28(18-19-9-11-20(26)12-10-19)24(30)8-7-17-29(35(4,32)33)21-13-15-22(34-3)16-14-21/h9-16,23H,5-8,17-18H2,1-4H3,(H,27,31). The highest BCUT2D eigenvalue weighted by atomic mass is 35.5. The van der Waals surface area contributed by atoms with Crippen molar-refractivity contribution in [1.82, 2.24) is 10.2 Å². The molecule has 0 aliphatic carbocycles. The van der Waals surface area contributed by atoms with Gasteiger partial charge in [0.2, 0.25) is 21.8 Å². The smallest absolute Gasteiger partial charge is 0.242 e. The number of carbonyl (C=O) groups is 2. The molecule has 0 aliphatic rings. The maximum atomic E-state index is 13.3. The van der Waals surface area contributed by atoms with Crippen LogP contribution in [0.25, 0.3) is 0 Å². The topological polar surface area (TPSA) is 96.0 Å². The normalized spacial score (nSPS) is 12.0. The number of halogens is 1. The molecule has 1 unspecified atom stereocenters. The largest absolute Gasteiger partial charge is 0.497 e. The molecule has 2 amide bonds. The Morgan fingerprint density at radius 3 is 2.20 bits per heavy atom. The molecule has 0 spiro atoms. The van der Waals surface area contributed by atoms with Crippen LogP contribution in [0.1, 0.15) is 38.7 Å². The van der Waals surface area contributed by atoms with Gasteiger partial charge in [0.25, 0.3) is 0 Å². The number of sulfonamides is 1. The third-order valence-corrected chi connectivity index (χ3v) is 6.96. The number of rotatable bonds is 13. The second-order valence-electron chi connectivity index (χ2n) is 8.10. The van der Waals surface area contributed by atoms with Gasteiger partial charge >= 0.3 is 0 Å². The van der Waals surface area contributed by atoms with Gasteiger partial charge in [-0.3, -0.25) is 13.9 Å². The van der Waals surface area contributed by atoms with Crippen LogP contribution in [0.4, 0.5) is 5.69 Å². The molecule has 2 aromatic carbocycles. The lowest BCUT2D eigenvalue weighted by Gasteiger charge is -2.31. The number of nitrogens with zero attached hydrogens (tertiary/aromatic N) is 2. The molecule has 0 aromatic heterocycles. The molecule has 0 saturated carbocycles. The van der Waals surface area contributed by atoms with Gasteiger partial charge in [0.05, 0.1) is 19.1 Å². The summed E-state index contributed by atoms with van der Waals surface area (Å²) in [6.07, 6.45) is 1.97. The van der Waals surface area contributed by atoms with Crippen molar-refractivity contribution < 1.29 is 22.7 Å². The van der Waals surface area contributed by atoms with E-state index in [1.165, 1.54) is 11.4 Å². The first-order chi connectivity index (χ1) is 16.6. The SMILES string of the molecule is CCNC(=O)C(CC)N(Cc1ccc(Cl)cc1)C(=O)CCCN(c1ccc(OC)cc1)S(C)(=O)=O. The zero-order valence-electron chi connectivity index (χ0n) is 20.7. The number of carbonyl (C=O) groups excluding carboxylic acids is 2. The Labute approximate surface area is 213 Å². The fraction of sp³-hybridized carbons (Fsp3) is 0.440. The van der Waals surface area contributed by atoms with Gasteiger partial charge in [-0.1, -0.05) is 30.7 Å². The second kappa shape index (κ2) is 13.3. The first-order valence-electron chi connectivity index (χ1n) is 11.5. The highest BCUT2D eigenvalue weighted by Crippen LogP contribution is 2.22. The maximum absolute atomic E-state index is 13.3. The first kappa shape index (κ1) is 28.5. The molecular formula is C25H34ClN3O5S. The lowest BCUT2D eigenvalue weighted by molar-refractivity contribution is -0.141. The Hall–Kier alpha value is -2.78. The van der Waals surface area contributed by atoms with Gasteiger partial charge in [0.15, 0.2) is 0 Å². The number of likely N-dealkylation sites (N-methyl/N-ethyl adjacent to an activating group) is 1. The van der Waals surface area contributed by atoms with Crippen molar-refractivity contribution >= 4 is 39.1 Å². The van der Waals surface area contributed by atoms with Gasteiger partial charge < -0.3 is 15.0 Å². The number of anilines is 1. The van der Waals surface area contributed by atoms with Crippen LogP contribution in [0.15, 0.2) is 48.5 Å². The van der Waals surface area contributed by atoms with Crippen molar-refractivity contribution in [2.24, 2.45) is 0 Å². The van der Waals surface area contributed by atoms with Gasteiger partial charge in [0.1, 0.15) is 11.8 Å². The van der Waals surface area contributed by atoms with Gasteiger partial charge in [0, 0.05) is 31.1 Å². The molecule has 0 saturated heterocycles. The van der Waals surface area contributed by atoms with Crippen LogP contribution in [0.3, 0.4) is 0 Å². The van der Waals surface area contributed by atoms with E-state index in [0.717, 1.165) is 11.8 Å². The second-order valence-corrected chi connectivity index (χ2v) is 10.4. The predicted molar refractivity (Wildman–Crippen MR) is 139 cm³/mol. The lowest BCUT2D eigenvalue weighted by atomic mass is 10.1. The first-order valence-corrected chi connectivity index (χ1v) is 13.8. The highest BCUT2D eigenvalue weighted by molar-refractivity contribution is 7.92. The lowest BCUT2D eigenvalue weighted by Crippen LogP contribution is -2.49. The quantitative estimate of drug-likeness (QED) is 0.430. The number of hydrogen-bond donors (Lipinski definition) is 1. The minimum Gasteiger partial charge on any atom is -0.497 e. The molecule has 8 nitrogen and oxygen atoms in total. The molecule has 35 heavy (non-hydrogen) atoms. The molecule has 1 N–H and O–H groups in total. The van der Waals surface area contributed by atoms with Crippen molar-refractivity contribution in [2.45, 2.75) is 45.7 Å². The Morgan fingerprint density at radius 1 is 1.06 bits per heavy atom. The average molecular weight is 524 g/mol. The molecule has 10 heteroatoms. The molecule has 192 valence electrons. The van der Waals surface area contributed by atoms with Crippen molar-refractivity contribution in [3.63, 3.8) is 0 Å². The van der Waals surface area contributed by atoms with Gasteiger partial charge in [-0.15, -0.1) is 0 Å². The molecule has 0 fully saturated rings. The summed E-state index contributed by atoms with van der Waals surface area (Å²) in [6.45, 7) is 4.53. The van der Waals surface area contributed by atoms with E-state index in [-0.39, 0.29) is 31.3 Å². The Kier molecular flexibility index (Phi) is 10.9. The summed E-state index contributed by atoms with van der Waals surface area (Å²) < 4.78 is 31.2. The minimum absolute atomic E-state index is 0.0890. The van der Waals surface area contributed by atoms with Crippen LogP contribution in [-0.2, 0) is 26.2 Å². The van der Waals surface area contributed by atoms with Crippen LogP contribution in [0.5, 0.6) is 5.75 Å². The number of nitrogens with one attached hydrogen (secondary N) is 1. The molecule has 1 atom stereocenters. The Bertz CT molecular complexity index is 1080. The van der Waals surface area contributed by atoms with Crippen LogP contribution in [0.2, 0.25) is 5.02 Å². The highest BCUT2D eigenvalue weighted by Gasteiger charge is 2.28. The van der Waals surface area contributed by atoms with Crippen molar-refractivity contribution in [3.8, 4) is 5.75 Å². The van der Waals surface area contributed by atoms with Gasteiger partial charge in [-0.05, 0) is 61.7 Å². The van der Waals surface area contributed by atoms with E-state index < -0.39 is 16.1 Å². The van der Waals surface area contributed by atoms with Crippen LogP contribution in [-0.4, -0.2) is 57.6 Å². The molecule has 2 rings (SSSR count). The van der Waals surface area contributed by atoms with Crippen LogP contribution < -0.4 is 14.4 Å². The van der Waals surface area contributed by atoms with Crippen molar-refractivity contribution in [3.05, 3.63) is 59.1 Å². The fourth-order valence-electron chi connectivity index (χ4n) is 3.75. The summed E-state index contributed by atoms with van der Waals surface area (Å²) in [6, 6.07) is 13.2. The van der Waals surface area contributed by atoms with E-state index in [2.05, 4.69) is 5.32 Å². The van der Waals surface area contributed by atoms with Crippen molar-refractivity contribution in [2.75, 3.05) is 30.8 Å². The van der Waals surface area contributed by atoms with Crippen molar-refractivity contribution in [1.29, 1.82) is 0 Å². The zero-order chi connectivity index (χ0) is 26.0. The van der Waals surface area contributed by atoms with E-state index in [4.69, 9.17) is 16.3 Å². The third-order valence-electron chi connectivity index (χ3n) is 5.52. The zero-order valence-corrected chi connectivity index (χ0v) is 22.2. The monoisotopic (exact) mass is 523 g/mol. The number of benzene rings is 2. The van der Waals surface area contributed by atoms with E-state index >= 15 is 0 Å². The van der Waals surface area contributed by atoms with E-state index in [1.807, 2.05) is 26.0 Å². The predicted octanol–water partition coefficient (Wildman–Crippen LogP) is 3.84. The fourth-order valence-corrected chi connectivity index (χ4v) is 4.84. The Balaban J connectivity index is 2.18. The molecule has 2 aromatic rings. The average Bonchev–Trinajstić information content (AvgIpc) is 2.82. The Morgan fingerprint density at radius 2 is 1.69 bits per heavy atom. The summed E-state index contributed by atoms with van der Waals surface area (Å²) in [5.74, 6) is 0.181. The van der Waals surface area contributed by atoms with Gasteiger partial charge in [-0.25, -0.2) is 8.42 Å². The van der Waals surface area contributed by atoms with E-state index in [0.29, 0.717) is 35.8 Å². The maximum Gasteiger partial charge on any atom is 0.242 e. The summed E-state index contributed by atoms with van der Waals surface area (Å²) >= 11 is 5.99. The molecule has 0 bridgehead atoms. The summed E-state index contributed by atoms with van der Waals surface area (Å²) in [5.41, 5.74) is 1.34. The minimum atomic E-state index is -3.56. The molecule has 0 radical (unpaired) electrons. The van der Waals surface area contributed by atoms with Gasteiger partial charge in [-0.2, -0.15) is 0 Å². The van der Waals surface area contributed by atoms with E-state index in [1.54, 1.807) is 41.3 Å². The number of hydrogen-bond acceptors (Lipinski definition) is 5.